The standard InChI is InChI=1S/C13H15ClN2O4S/c1-10(18)15-6-7-16-21(19,20)13-5-4-11(3-2-8-17)9-12(13)14/h4-5,9,16-17H,6-8H2,1H3,(H,15,18). The van der Waals surface area contributed by atoms with Crippen molar-refractivity contribution >= 4 is 27.5 Å². The fraction of sp³-hybridized carbons (Fsp3) is 0.308. The third-order valence-electron chi connectivity index (χ3n) is 2.32. The van der Waals surface area contributed by atoms with E-state index in [0.29, 0.717) is 5.56 Å². The van der Waals surface area contributed by atoms with Crippen molar-refractivity contribution in [1.82, 2.24) is 10.0 Å². The fourth-order valence-corrected chi connectivity index (χ4v) is 3.01. The minimum Gasteiger partial charge on any atom is -0.384 e. The number of carbonyl (C=O) groups excluding carboxylic acids is 1. The van der Waals surface area contributed by atoms with E-state index < -0.39 is 10.0 Å². The Morgan fingerprint density at radius 3 is 2.67 bits per heavy atom. The minimum atomic E-state index is -3.76. The quantitative estimate of drug-likeness (QED) is 0.527. The first kappa shape index (κ1) is 17.5. The van der Waals surface area contributed by atoms with Crippen molar-refractivity contribution in [3.63, 3.8) is 0 Å². The van der Waals surface area contributed by atoms with Crippen LogP contribution in [0, 0.1) is 11.8 Å². The van der Waals surface area contributed by atoms with Gasteiger partial charge in [-0.2, -0.15) is 0 Å². The molecule has 0 saturated heterocycles. The van der Waals surface area contributed by atoms with Gasteiger partial charge in [0.2, 0.25) is 15.9 Å². The third-order valence-corrected chi connectivity index (χ3v) is 4.27. The average molecular weight is 331 g/mol. The predicted octanol–water partition coefficient (Wildman–Crippen LogP) is 0.0982. The first-order valence-electron chi connectivity index (χ1n) is 6.00. The number of carbonyl (C=O) groups is 1. The number of nitrogens with one attached hydrogen (secondary N) is 2. The van der Waals surface area contributed by atoms with Crippen LogP contribution < -0.4 is 10.0 Å². The molecule has 0 aliphatic rings. The maximum Gasteiger partial charge on any atom is 0.242 e. The molecule has 6 nitrogen and oxygen atoms in total. The zero-order valence-corrected chi connectivity index (χ0v) is 12.9. The first-order chi connectivity index (χ1) is 9.86. The van der Waals surface area contributed by atoms with Crippen LogP contribution >= 0.6 is 11.6 Å². The SMILES string of the molecule is CC(=O)NCCNS(=O)(=O)c1ccc(C#CCO)cc1Cl. The molecule has 0 aliphatic heterocycles. The highest BCUT2D eigenvalue weighted by molar-refractivity contribution is 7.89. The predicted molar refractivity (Wildman–Crippen MR) is 79.3 cm³/mol. The molecule has 1 aromatic rings. The Bertz CT molecular complexity index is 677. The van der Waals surface area contributed by atoms with E-state index in [-0.39, 0.29) is 35.5 Å². The van der Waals surface area contributed by atoms with E-state index in [2.05, 4.69) is 21.9 Å². The van der Waals surface area contributed by atoms with Gasteiger partial charge in [-0.3, -0.25) is 4.79 Å². The molecule has 8 heteroatoms. The van der Waals surface area contributed by atoms with Gasteiger partial charge in [0.05, 0.1) is 5.02 Å². The lowest BCUT2D eigenvalue weighted by molar-refractivity contribution is -0.118. The van der Waals surface area contributed by atoms with E-state index in [1.807, 2.05) is 0 Å². The second-order valence-electron chi connectivity index (χ2n) is 3.99. The van der Waals surface area contributed by atoms with Crippen molar-refractivity contribution in [3.05, 3.63) is 28.8 Å². The molecule has 21 heavy (non-hydrogen) atoms. The van der Waals surface area contributed by atoms with Crippen LogP contribution in [0.1, 0.15) is 12.5 Å². The van der Waals surface area contributed by atoms with Crippen LogP contribution in [0.25, 0.3) is 0 Å². The van der Waals surface area contributed by atoms with Gasteiger partial charge in [0.15, 0.2) is 0 Å². The summed E-state index contributed by atoms with van der Waals surface area (Å²) in [5.74, 6) is 4.84. The molecular weight excluding hydrogens is 316 g/mol. The number of sulfonamides is 1. The van der Waals surface area contributed by atoms with Gasteiger partial charge in [-0.15, -0.1) is 0 Å². The molecule has 1 aromatic carbocycles. The first-order valence-corrected chi connectivity index (χ1v) is 7.86. The highest BCUT2D eigenvalue weighted by atomic mass is 35.5. The molecule has 0 aromatic heterocycles. The molecule has 0 spiro atoms. The number of aliphatic hydroxyl groups is 1. The van der Waals surface area contributed by atoms with Crippen LogP contribution in [-0.2, 0) is 14.8 Å². The second-order valence-corrected chi connectivity index (χ2v) is 6.13. The van der Waals surface area contributed by atoms with Crippen LogP contribution in [0.2, 0.25) is 5.02 Å². The van der Waals surface area contributed by atoms with Gasteiger partial charge in [0, 0.05) is 25.6 Å². The van der Waals surface area contributed by atoms with Crippen LogP contribution in [0.5, 0.6) is 0 Å². The molecule has 0 saturated carbocycles. The highest BCUT2D eigenvalue weighted by Crippen LogP contribution is 2.22. The molecule has 0 radical (unpaired) electrons. The maximum absolute atomic E-state index is 12.0. The van der Waals surface area contributed by atoms with Crippen molar-refractivity contribution < 1.29 is 18.3 Å². The molecule has 0 atom stereocenters. The zero-order chi connectivity index (χ0) is 15.9. The lowest BCUT2D eigenvalue weighted by atomic mass is 10.2. The van der Waals surface area contributed by atoms with Gasteiger partial charge < -0.3 is 10.4 Å². The summed E-state index contributed by atoms with van der Waals surface area (Å²) >= 11 is 5.94. The van der Waals surface area contributed by atoms with Crippen LogP contribution in [0.15, 0.2) is 23.1 Å². The summed E-state index contributed by atoms with van der Waals surface area (Å²) in [6.45, 7) is 1.30. The molecule has 0 aliphatic carbocycles. The summed E-state index contributed by atoms with van der Waals surface area (Å²) in [6.07, 6.45) is 0. The van der Waals surface area contributed by atoms with Crippen molar-refractivity contribution in [2.24, 2.45) is 0 Å². The zero-order valence-electron chi connectivity index (χ0n) is 11.3. The Morgan fingerprint density at radius 2 is 2.10 bits per heavy atom. The molecule has 3 N–H and O–H groups in total. The summed E-state index contributed by atoms with van der Waals surface area (Å²) in [6, 6.07) is 4.24. The maximum atomic E-state index is 12.0. The third kappa shape index (κ3) is 5.73. The van der Waals surface area contributed by atoms with Crippen molar-refractivity contribution in [3.8, 4) is 11.8 Å². The molecule has 1 rings (SSSR count). The van der Waals surface area contributed by atoms with E-state index in [1.54, 1.807) is 0 Å². The smallest absolute Gasteiger partial charge is 0.242 e. The van der Waals surface area contributed by atoms with Crippen LogP contribution in [0.3, 0.4) is 0 Å². The van der Waals surface area contributed by atoms with E-state index in [9.17, 15) is 13.2 Å². The Morgan fingerprint density at radius 1 is 1.38 bits per heavy atom. The Labute approximate surface area is 128 Å². The number of aliphatic hydroxyl groups excluding tert-OH is 1. The molecule has 114 valence electrons. The normalized spacial score (nSPS) is 10.6. The topological polar surface area (TPSA) is 95.5 Å². The Hall–Kier alpha value is -1.59. The second kappa shape index (κ2) is 8.00. The average Bonchev–Trinajstić information content (AvgIpc) is 2.41. The van der Waals surface area contributed by atoms with Crippen molar-refractivity contribution in [2.45, 2.75) is 11.8 Å². The highest BCUT2D eigenvalue weighted by Gasteiger charge is 2.17. The van der Waals surface area contributed by atoms with Gasteiger partial charge in [-0.1, -0.05) is 23.4 Å². The van der Waals surface area contributed by atoms with Gasteiger partial charge in [-0.25, -0.2) is 13.1 Å². The largest absolute Gasteiger partial charge is 0.384 e. The van der Waals surface area contributed by atoms with E-state index in [0.717, 1.165) is 0 Å². The Kier molecular flexibility index (Phi) is 6.65. The summed E-state index contributed by atoms with van der Waals surface area (Å²) in [7, 11) is -3.76. The molecule has 0 unspecified atom stereocenters. The molecule has 0 fully saturated rings. The number of hydrogen-bond donors (Lipinski definition) is 3. The number of halogens is 1. The number of benzene rings is 1. The number of hydrogen-bond acceptors (Lipinski definition) is 4. The van der Waals surface area contributed by atoms with Gasteiger partial charge >= 0.3 is 0 Å². The molecule has 1 amide bonds. The monoisotopic (exact) mass is 330 g/mol. The molecular formula is C13H15ClN2O4S. The van der Waals surface area contributed by atoms with Crippen molar-refractivity contribution in [1.29, 1.82) is 0 Å². The van der Waals surface area contributed by atoms with Crippen LogP contribution in [0.4, 0.5) is 0 Å². The van der Waals surface area contributed by atoms with Gasteiger partial charge in [-0.05, 0) is 18.2 Å². The summed E-state index contributed by atoms with van der Waals surface area (Å²) < 4.78 is 26.4. The fourth-order valence-electron chi connectivity index (χ4n) is 1.44. The van der Waals surface area contributed by atoms with E-state index >= 15 is 0 Å². The summed E-state index contributed by atoms with van der Waals surface area (Å²) in [5.41, 5.74) is 0.506. The molecule has 0 bridgehead atoms. The summed E-state index contributed by atoms with van der Waals surface area (Å²) in [5, 5.41) is 11.1. The van der Waals surface area contributed by atoms with E-state index in [1.165, 1.54) is 25.1 Å². The Balaban J connectivity index is 2.81. The summed E-state index contributed by atoms with van der Waals surface area (Å²) in [4.78, 5) is 10.6. The lowest BCUT2D eigenvalue weighted by Gasteiger charge is -2.09. The molecule has 0 heterocycles. The minimum absolute atomic E-state index is 0.0340. The van der Waals surface area contributed by atoms with Crippen molar-refractivity contribution in [2.75, 3.05) is 19.7 Å². The van der Waals surface area contributed by atoms with Gasteiger partial charge in [0.25, 0.3) is 0 Å². The number of rotatable bonds is 5. The van der Waals surface area contributed by atoms with E-state index in [4.69, 9.17) is 16.7 Å². The number of amides is 1. The lowest BCUT2D eigenvalue weighted by Crippen LogP contribution is -2.33. The van der Waals surface area contributed by atoms with Crippen LogP contribution in [-0.4, -0.2) is 39.1 Å². The van der Waals surface area contributed by atoms with Gasteiger partial charge in [0.1, 0.15) is 11.5 Å².